The Kier molecular flexibility index (Phi) is 7.33. The molecule has 0 radical (unpaired) electrons. The van der Waals surface area contributed by atoms with Gasteiger partial charge in [-0.05, 0) is 23.6 Å². The van der Waals surface area contributed by atoms with Crippen LogP contribution in [0.4, 0.5) is 0 Å². The van der Waals surface area contributed by atoms with Crippen LogP contribution in [0.1, 0.15) is 0 Å². The number of hydrogen-bond donors (Lipinski definition) is 3. The van der Waals surface area contributed by atoms with Crippen LogP contribution < -0.4 is 5.73 Å². The second-order valence-corrected chi connectivity index (χ2v) is 6.71. The Bertz CT molecular complexity index is 839. The molecule has 0 amide bonds. The van der Waals surface area contributed by atoms with Crippen LogP contribution in [0.2, 0.25) is 0 Å². The molecule has 4 N–H and O–H groups in total. The summed E-state index contributed by atoms with van der Waals surface area (Å²) in [7, 11) is 0. The van der Waals surface area contributed by atoms with Gasteiger partial charge < -0.3 is 15.9 Å². The first-order chi connectivity index (χ1) is 12.5. The maximum atomic E-state index is 9.10. The number of carboxylic acids is 2. The van der Waals surface area contributed by atoms with Gasteiger partial charge in [0.05, 0.1) is 4.88 Å². The van der Waals surface area contributed by atoms with Crippen molar-refractivity contribution in [2.75, 3.05) is 12.3 Å². The topological polar surface area (TPSA) is 131 Å². The Morgan fingerprint density at radius 1 is 1.08 bits per heavy atom. The fraction of sp³-hybridized carbons (Fsp3) is 0.125. The lowest BCUT2D eigenvalue weighted by Crippen LogP contribution is -2.09. The smallest absolute Gasteiger partial charge is 0.414 e. The molecule has 8 nitrogen and oxygen atoms in total. The minimum Gasteiger partial charge on any atom is -0.473 e. The van der Waals surface area contributed by atoms with Crippen LogP contribution >= 0.6 is 23.1 Å². The molecule has 0 bridgehead atoms. The number of carbonyl (C=O) groups is 2. The van der Waals surface area contributed by atoms with Gasteiger partial charge >= 0.3 is 11.9 Å². The van der Waals surface area contributed by atoms with Gasteiger partial charge in [-0.25, -0.2) is 9.59 Å². The predicted molar refractivity (Wildman–Crippen MR) is 99.7 cm³/mol. The highest BCUT2D eigenvalue weighted by Crippen LogP contribution is 2.30. The van der Waals surface area contributed by atoms with Crippen LogP contribution in [0.15, 0.2) is 53.0 Å². The van der Waals surface area contributed by atoms with Gasteiger partial charge in [-0.15, -0.1) is 21.5 Å². The molecular weight excluding hydrogens is 376 g/mol. The standard InChI is InChI=1S/C14H14N4S2.C2H2O4/c15-8-10-20-14-17-16-13(12-7-4-9-19-12)18(14)11-5-2-1-3-6-11;3-1(4)2(5)6/h1-7,9H,8,10,15H2;(H,3,4)(H,5,6). The van der Waals surface area contributed by atoms with E-state index < -0.39 is 11.9 Å². The summed E-state index contributed by atoms with van der Waals surface area (Å²) in [5.41, 5.74) is 6.66. The van der Waals surface area contributed by atoms with Crippen molar-refractivity contribution >= 4 is 35.0 Å². The van der Waals surface area contributed by atoms with E-state index >= 15 is 0 Å². The Hall–Kier alpha value is -2.69. The molecule has 0 aliphatic carbocycles. The maximum absolute atomic E-state index is 9.10. The van der Waals surface area contributed by atoms with E-state index in [0.717, 1.165) is 27.3 Å². The summed E-state index contributed by atoms with van der Waals surface area (Å²) >= 11 is 3.29. The van der Waals surface area contributed by atoms with Gasteiger partial charge in [0, 0.05) is 18.0 Å². The minimum absolute atomic E-state index is 0.626. The molecule has 3 aromatic rings. The van der Waals surface area contributed by atoms with E-state index in [4.69, 9.17) is 25.5 Å². The third-order valence-electron chi connectivity index (χ3n) is 2.92. The summed E-state index contributed by atoms with van der Waals surface area (Å²) in [4.78, 5) is 19.3. The molecule has 0 atom stereocenters. The first-order valence-corrected chi connectivity index (χ1v) is 9.25. The summed E-state index contributed by atoms with van der Waals surface area (Å²) in [6.45, 7) is 0.626. The number of carboxylic acid groups (broad SMARTS) is 2. The van der Waals surface area contributed by atoms with E-state index in [0.29, 0.717) is 6.54 Å². The molecule has 0 saturated heterocycles. The highest BCUT2D eigenvalue weighted by Gasteiger charge is 2.16. The molecule has 0 aliphatic heterocycles. The highest BCUT2D eigenvalue weighted by molar-refractivity contribution is 7.99. The average Bonchev–Trinajstić information content (AvgIpc) is 3.30. The Balaban J connectivity index is 0.000000352. The lowest BCUT2D eigenvalue weighted by molar-refractivity contribution is -0.159. The van der Waals surface area contributed by atoms with Gasteiger partial charge in [0.25, 0.3) is 0 Å². The van der Waals surface area contributed by atoms with Gasteiger partial charge in [0.1, 0.15) is 0 Å². The van der Waals surface area contributed by atoms with Crippen molar-refractivity contribution in [3.8, 4) is 16.4 Å². The fourth-order valence-corrected chi connectivity index (χ4v) is 3.31. The summed E-state index contributed by atoms with van der Waals surface area (Å²) in [6.07, 6.45) is 0. The third kappa shape index (κ3) is 5.15. The number of nitrogens with two attached hydrogens (primary N) is 1. The molecule has 2 heterocycles. The van der Waals surface area contributed by atoms with Gasteiger partial charge in [-0.2, -0.15) is 0 Å². The molecule has 0 unspecified atom stereocenters. The first-order valence-electron chi connectivity index (χ1n) is 7.38. The number of aliphatic carboxylic acids is 2. The fourth-order valence-electron chi connectivity index (χ4n) is 1.89. The average molecular weight is 392 g/mol. The molecular formula is C16H16N4O4S2. The highest BCUT2D eigenvalue weighted by atomic mass is 32.2. The van der Waals surface area contributed by atoms with E-state index in [1.54, 1.807) is 23.1 Å². The van der Waals surface area contributed by atoms with E-state index in [2.05, 4.69) is 33.0 Å². The zero-order valence-corrected chi connectivity index (χ0v) is 15.1. The Labute approximate surface area is 157 Å². The second kappa shape index (κ2) is 9.70. The normalized spacial score (nSPS) is 10.0. The molecule has 10 heteroatoms. The molecule has 26 heavy (non-hydrogen) atoms. The number of thiophene rings is 1. The lowest BCUT2D eigenvalue weighted by atomic mass is 10.3. The molecule has 2 aromatic heterocycles. The molecule has 0 saturated carbocycles. The predicted octanol–water partition coefficient (Wildman–Crippen LogP) is 2.20. The molecule has 0 fully saturated rings. The van der Waals surface area contributed by atoms with E-state index in [1.165, 1.54) is 0 Å². The monoisotopic (exact) mass is 392 g/mol. The van der Waals surface area contributed by atoms with E-state index in [1.807, 2.05) is 29.6 Å². The van der Waals surface area contributed by atoms with Crippen molar-refractivity contribution < 1.29 is 19.8 Å². The van der Waals surface area contributed by atoms with E-state index in [-0.39, 0.29) is 0 Å². The number of rotatable bonds is 5. The molecule has 3 rings (SSSR count). The third-order valence-corrected chi connectivity index (χ3v) is 4.75. The number of benzene rings is 1. The number of thioether (sulfide) groups is 1. The molecule has 0 spiro atoms. The second-order valence-electron chi connectivity index (χ2n) is 4.70. The molecule has 136 valence electrons. The SMILES string of the molecule is NCCSc1nnc(-c2cccs2)n1-c1ccccc1.O=C(O)C(=O)O. The maximum Gasteiger partial charge on any atom is 0.414 e. The zero-order chi connectivity index (χ0) is 18.9. The molecule has 0 aliphatic rings. The quantitative estimate of drug-likeness (QED) is 0.445. The molecule has 1 aromatic carbocycles. The van der Waals surface area contributed by atoms with Crippen molar-refractivity contribution in [3.05, 3.63) is 47.8 Å². The van der Waals surface area contributed by atoms with Crippen molar-refractivity contribution in [1.82, 2.24) is 14.8 Å². The first kappa shape index (κ1) is 19.6. The van der Waals surface area contributed by atoms with Crippen molar-refractivity contribution in [3.63, 3.8) is 0 Å². The Morgan fingerprint density at radius 3 is 2.31 bits per heavy atom. The summed E-state index contributed by atoms with van der Waals surface area (Å²) in [6, 6.07) is 14.3. The van der Waals surface area contributed by atoms with Crippen LogP contribution in [0.5, 0.6) is 0 Å². The van der Waals surface area contributed by atoms with Gasteiger partial charge in [0.15, 0.2) is 11.0 Å². The lowest BCUT2D eigenvalue weighted by Gasteiger charge is -2.08. The summed E-state index contributed by atoms with van der Waals surface area (Å²) in [5, 5.41) is 26.4. The number of hydrogen-bond acceptors (Lipinski definition) is 7. The van der Waals surface area contributed by atoms with Crippen LogP contribution in [-0.4, -0.2) is 49.2 Å². The zero-order valence-electron chi connectivity index (χ0n) is 13.5. The number of aromatic nitrogens is 3. The number of para-hydroxylation sites is 1. The van der Waals surface area contributed by atoms with Gasteiger partial charge in [0.2, 0.25) is 0 Å². The van der Waals surface area contributed by atoms with Crippen LogP contribution in [0.3, 0.4) is 0 Å². The van der Waals surface area contributed by atoms with Crippen LogP contribution in [-0.2, 0) is 9.59 Å². The van der Waals surface area contributed by atoms with Gasteiger partial charge in [-0.1, -0.05) is 36.0 Å². The van der Waals surface area contributed by atoms with Crippen LogP contribution in [0.25, 0.3) is 16.4 Å². The van der Waals surface area contributed by atoms with Crippen molar-refractivity contribution in [2.45, 2.75) is 5.16 Å². The van der Waals surface area contributed by atoms with Crippen molar-refractivity contribution in [2.24, 2.45) is 5.73 Å². The minimum atomic E-state index is -1.82. The summed E-state index contributed by atoms with van der Waals surface area (Å²) in [5.74, 6) is -1.94. The van der Waals surface area contributed by atoms with E-state index in [9.17, 15) is 0 Å². The summed E-state index contributed by atoms with van der Waals surface area (Å²) < 4.78 is 2.09. The Morgan fingerprint density at radius 2 is 1.77 bits per heavy atom. The largest absolute Gasteiger partial charge is 0.473 e. The number of nitrogens with zero attached hydrogens (tertiary/aromatic N) is 3. The van der Waals surface area contributed by atoms with Crippen molar-refractivity contribution in [1.29, 1.82) is 0 Å². The van der Waals surface area contributed by atoms with Gasteiger partial charge in [-0.3, -0.25) is 4.57 Å². The van der Waals surface area contributed by atoms with Crippen LogP contribution in [0, 0.1) is 0 Å².